The Labute approximate surface area is 143 Å². The van der Waals surface area contributed by atoms with Crippen molar-refractivity contribution in [1.29, 1.82) is 0 Å². The fourth-order valence-electron chi connectivity index (χ4n) is 2.36. The summed E-state index contributed by atoms with van der Waals surface area (Å²) in [5.74, 6) is 0. The molecule has 1 aromatic carbocycles. The van der Waals surface area contributed by atoms with Crippen LogP contribution in [0.15, 0.2) is 42.7 Å². The average molecular weight is 330 g/mol. The molecule has 0 bridgehead atoms. The molecule has 6 heteroatoms. The number of benzene rings is 1. The van der Waals surface area contributed by atoms with Crippen molar-refractivity contribution < 1.29 is 9.90 Å². The number of amides is 2. The van der Waals surface area contributed by atoms with Gasteiger partial charge < -0.3 is 15.3 Å². The van der Waals surface area contributed by atoms with Gasteiger partial charge in [-0.3, -0.25) is 4.68 Å². The largest absolute Gasteiger partial charge is 0.389 e. The molecule has 0 saturated heterocycles. The van der Waals surface area contributed by atoms with Crippen LogP contribution < -0.4 is 5.32 Å². The quantitative estimate of drug-likeness (QED) is 0.854. The Morgan fingerprint density at radius 3 is 2.54 bits per heavy atom. The van der Waals surface area contributed by atoms with Gasteiger partial charge >= 0.3 is 6.03 Å². The Morgan fingerprint density at radius 1 is 1.33 bits per heavy atom. The molecular weight excluding hydrogens is 304 g/mol. The molecule has 0 saturated carbocycles. The third-order valence-electron chi connectivity index (χ3n) is 3.46. The number of carbonyl (C=O) groups is 1. The minimum absolute atomic E-state index is 0.228. The molecule has 1 aromatic heterocycles. The summed E-state index contributed by atoms with van der Waals surface area (Å²) in [6.07, 6.45) is 3.43. The number of urea groups is 1. The SMILES string of the molecule is CC(C)n1cc(NC(=O)N(Cc2ccccc2)CC(C)(C)O)cn1. The van der Waals surface area contributed by atoms with Gasteiger partial charge in [0, 0.05) is 18.8 Å². The maximum Gasteiger partial charge on any atom is 0.322 e. The topological polar surface area (TPSA) is 70.4 Å². The molecule has 24 heavy (non-hydrogen) atoms. The van der Waals surface area contributed by atoms with Crippen molar-refractivity contribution in [2.75, 3.05) is 11.9 Å². The van der Waals surface area contributed by atoms with Crippen molar-refractivity contribution in [2.24, 2.45) is 0 Å². The summed E-state index contributed by atoms with van der Waals surface area (Å²) < 4.78 is 1.78. The van der Waals surface area contributed by atoms with Gasteiger partial charge in [-0.05, 0) is 33.3 Å². The molecule has 0 aliphatic heterocycles. The lowest BCUT2D eigenvalue weighted by Crippen LogP contribution is -2.43. The first-order chi connectivity index (χ1) is 11.2. The molecule has 2 N–H and O–H groups in total. The fourth-order valence-corrected chi connectivity index (χ4v) is 2.36. The number of carbonyl (C=O) groups excluding carboxylic acids is 1. The Morgan fingerprint density at radius 2 is 2.00 bits per heavy atom. The van der Waals surface area contributed by atoms with Crippen molar-refractivity contribution in [3.63, 3.8) is 0 Å². The Balaban J connectivity index is 2.11. The van der Waals surface area contributed by atoms with Gasteiger partial charge in [-0.15, -0.1) is 0 Å². The van der Waals surface area contributed by atoms with E-state index >= 15 is 0 Å². The first-order valence-electron chi connectivity index (χ1n) is 8.11. The zero-order valence-electron chi connectivity index (χ0n) is 14.7. The zero-order valence-corrected chi connectivity index (χ0v) is 14.7. The molecule has 2 aromatic rings. The van der Waals surface area contributed by atoms with E-state index in [-0.39, 0.29) is 18.6 Å². The molecule has 0 aliphatic rings. The molecular formula is C18H26N4O2. The van der Waals surface area contributed by atoms with Crippen LogP contribution in [0, 0.1) is 0 Å². The third kappa shape index (κ3) is 5.38. The normalized spacial score (nSPS) is 11.6. The second-order valence-corrected chi connectivity index (χ2v) is 6.89. The van der Waals surface area contributed by atoms with Gasteiger partial charge in [-0.25, -0.2) is 4.79 Å². The maximum absolute atomic E-state index is 12.6. The summed E-state index contributed by atoms with van der Waals surface area (Å²) in [7, 11) is 0. The molecule has 0 aliphatic carbocycles. The molecule has 2 rings (SSSR count). The van der Waals surface area contributed by atoms with Crippen molar-refractivity contribution in [3.8, 4) is 0 Å². The van der Waals surface area contributed by atoms with Crippen LogP contribution in [-0.4, -0.2) is 38.0 Å². The first-order valence-corrected chi connectivity index (χ1v) is 8.11. The zero-order chi connectivity index (χ0) is 17.7. The summed E-state index contributed by atoms with van der Waals surface area (Å²) in [6, 6.07) is 9.69. The van der Waals surface area contributed by atoms with Crippen LogP contribution in [-0.2, 0) is 6.54 Å². The second-order valence-electron chi connectivity index (χ2n) is 6.89. The van der Waals surface area contributed by atoms with Crippen molar-refractivity contribution in [3.05, 3.63) is 48.3 Å². The number of aromatic nitrogens is 2. The molecule has 0 spiro atoms. The molecule has 6 nitrogen and oxygen atoms in total. The summed E-state index contributed by atoms with van der Waals surface area (Å²) in [6.45, 7) is 8.08. The number of nitrogens with one attached hydrogen (secondary N) is 1. The lowest BCUT2D eigenvalue weighted by molar-refractivity contribution is 0.0469. The van der Waals surface area contributed by atoms with E-state index in [1.807, 2.05) is 44.2 Å². The van der Waals surface area contributed by atoms with E-state index in [4.69, 9.17) is 0 Å². The predicted molar refractivity (Wildman–Crippen MR) is 94.8 cm³/mol. The smallest absolute Gasteiger partial charge is 0.322 e. The molecule has 2 amide bonds. The van der Waals surface area contributed by atoms with Gasteiger partial charge in [0.15, 0.2) is 0 Å². The number of hydrogen-bond donors (Lipinski definition) is 2. The van der Waals surface area contributed by atoms with E-state index in [2.05, 4.69) is 10.4 Å². The monoisotopic (exact) mass is 330 g/mol. The number of aliphatic hydroxyl groups is 1. The highest BCUT2D eigenvalue weighted by Gasteiger charge is 2.23. The van der Waals surface area contributed by atoms with E-state index in [1.165, 1.54) is 0 Å². The minimum Gasteiger partial charge on any atom is -0.389 e. The van der Waals surface area contributed by atoms with Gasteiger partial charge in [0.25, 0.3) is 0 Å². The van der Waals surface area contributed by atoms with Crippen LogP contribution >= 0.6 is 0 Å². The van der Waals surface area contributed by atoms with Crippen LogP contribution in [0.25, 0.3) is 0 Å². The van der Waals surface area contributed by atoms with E-state index < -0.39 is 5.60 Å². The highest BCUT2D eigenvalue weighted by molar-refractivity contribution is 5.89. The maximum atomic E-state index is 12.6. The van der Waals surface area contributed by atoms with Crippen molar-refractivity contribution in [1.82, 2.24) is 14.7 Å². The first kappa shape index (κ1) is 18.0. The molecule has 0 fully saturated rings. The molecule has 0 unspecified atom stereocenters. The summed E-state index contributed by atoms with van der Waals surface area (Å²) in [4.78, 5) is 14.2. The molecule has 0 radical (unpaired) electrons. The molecule has 130 valence electrons. The second kappa shape index (κ2) is 7.49. The summed E-state index contributed by atoms with van der Waals surface area (Å²) >= 11 is 0. The Hall–Kier alpha value is -2.34. The lowest BCUT2D eigenvalue weighted by atomic mass is 10.1. The Kier molecular flexibility index (Phi) is 5.62. The van der Waals surface area contributed by atoms with E-state index in [0.29, 0.717) is 12.2 Å². The van der Waals surface area contributed by atoms with E-state index in [9.17, 15) is 9.90 Å². The van der Waals surface area contributed by atoms with Gasteiger partial charge in [0.05, 0.1) is 24.0 Å². The van der Waals surface area contributed by atoms with Crippen molar-refractivity contribution >= 4 is 11.7 Å². The number of rotatable bonds is 6. The number of hydrogen-bond acceptors (Lipinski definition) is 3. The van der Waals surface area contributed by atoms with Gasteiger partial charge in [-0.1, -0.05) is 30.3 Å². The van der Waals surface area contributed by atoms with Crippen molar-refractivity contribution in [2.45, 2.75) is 45.9 Å². The standard InChI is InChI=1S/C18H26N4O2/c1-14(2)22-12-16(10-19-22)20-17(23)21(13-18(3,4)24)11-15-8-6-5-7-9-15/h5-10,12,14,24H,11,13H2,1-4H3,(H,20,23). The lowest BCUT2D eigenvalue weighted by Gasteiger charge is -2.29. The summed E-state index contributed by atoms with van der Waals surface area (Å²) in [5, 5.41) is 17.2. The van der Waals surface area contributed by atoms with Crippen LogP contribution in [0.1, 0.15) is 39.3 Å². The number of nitrogens with zero attached hydrogens (tertiary/aromatic N) is 3. The number of anilines is 1. The third-order valence-corrected chi connectivity index (χ3v) is 3.46. The predicted octanol–water partition coefficient (Wildman–Crippen LogP) is 3.27. The summed E-state index contributed by atoms with van der Waals surface area (Å²) in [5.41, 5.74) is 0.672. The average Bonchev–Trinajstić information content (AvgIpc) is 2.95. The van der Waals surface area contributed by atoms with Gasteiger partial charge in [-0.2, -0.15) is 5.10 Å². The van der Waals surface area contributed by atoms with Crippen LogP contribution in [0.4, 0.5) is 10.5 Å². The van der Waals surface area contributed by atoms with Crippen LogP contribution in [0.3, 0.4) is 0 Å². The highest BCUT2D eigenvalue weighted by Crippen LogP contribution is 2.14. The molecule has 0 atom stereocenters. The van der Waals surface area contributed by atoms with E-state index in [1.54, 1.807) is 35.8 Å². The minimum atomic E-state index is -0.978. The van der Waals surface area contributed by atoms with Crippen LogP contribution in [0.5, 0.6) is 0 Å². The fraction of sp³-hybridized carbons (Fsp3) is 0.444. The van der Waals surface area contributed by atoms with Gasteiger partial charge in [0.1, 0.15) is 0 Å². The molecule has 1 heterocycles. The van der Waals surface area contributed by atoms with Crippen LogP contribution in [0.2, 0.25) is 0 Å². The van der Waals surface area contributed by atoms with E-state index in [0.717, 1.165) is 5.56 Å². The van der Waals surface area contributed by atoms with Gasteiger partial charge in [0.2, 0.25) is 0 Å². The Bertz CT molecular complexity index is 659. The highest BCUT2D eigenvalue weighted by atomic mass is 16.3.